The molecule has 0 saturated heterocycles. The van der Waals surface area contributed by atoms with Crippen LogP contribution in [0.2, 0.25) is 0 Å². The second-order valence-corrected chi connectivity index (χ2v) is 7.73. The van der Waals surface area contributed by atoms with Gasteiger partial charge in [0.05, 0.1) is 24.1 Å². The average Bonchev–Trinajstić information content (AvgIpc) is 3.25. The minimum atomic E-state index is -0.182. The van der Waals surface area contributed by atoms with Crippen molar-refractivity contribution in [3.8, 4) is 5.75 Å². The average molecular weight is 353 g/mol. The van der Waals surface area contributed by atoms with Crippen LogP contribution in [0, 0.1) is 5.92 Å². The van der Waals surface area contributed by atoms with Gasteiger partial charge in [0.25, 0.3) is 0 Å². The molecular weight excluding hydrogens is 334 g/mol. The number of hydrogen-bond acceptors (Lipinski definition) is 6. The molecule has 128 valence electrons. The van der Waals surface area contributed by atoms with Crippen LogP contribution in [0.1, 0.15) is 30.0 Å². The maximum absolute atomic E-state index is 9.80. The lowest BCUT2D eigenvalue weighted by Crippen LogP contribution is -2.36. The normalized spacial score (nSPS) is 22.9. The third-order valence-electron chi connectivity index (χ3n) is 5.25. The molecule has 0 bridgehead atoms. The van der Waals surface area contributed by atoms with Crippen molar-refractivity contribution in [3.63, 3.8) is 0 Å². The molecule has 0 spiro atoms. The molecule has 1 unspecified atom stereocenters. The smallest absolute Gasteiger partial charge is 0.138 e. The Hall–Kier alpha value is -2.18. The molecule has 2 aliphatic rings. The molecule has 1 aromatic carbocycles. The highest BCUT2D eigenvalue weighted by Crippen LogP contribution is 2.42. The number of aliphatic hydroxyl groups excluding tert-OH is 1. The zero-order chi connectivity index (χ0) is 16.8. The largest absolute Gasteiger partial charge is 0.493 e. The van der Waals surface area contributed by atoms with Gasteiger partial charge in [0, 0.05) is 6.42 Å². The lowest BCUT2D eigenvalue weighted by molar-refractivity contribution is 0.0339. The van der Waals surface area contributed by atoms with Gasteiger partial charge in [-0.15, -0.1) is 11.3 Å². The van der Waals surface area contributed by atoms with E-state index in [0.29, 0.717) is 5.92 Å². The standard InChI is InChI=1S/C19H19N3O2S/c23-14-8-13(9-14)17(12-1-2-16-11(7-12)3-5-24-16)22-18-15-4-6-25-19(15)21-10-20-18/h1-2,4,6-7,10,13-14,17,23H,3,5,8-9H2,(H,20,21,22). The maximum Gasteiger partial charge on any atom is 0.138 e. The number of hydrogen-bond donors (Lipinski definition) is 2. The van der Waals surface area contributed by atoms with Gasteiger partial charge in [-0.05, 0) is 53.5 Å². The molecule has 2 N–H and O–H groups in total. The van der Waals surface area contributed by atoms with Gasteiger partial charge in [-0.1, -0.05) is 6.07 Å². The number of benzene rings is 1. The highest BCUT2D eigenvalue weighted by Gasteiger charge is 2.35. The number of aromatic nitrogens is 2. The Labute approximate surface area is 149 Å². The minimum Gasteiger partial charge on any atom is -0.493 e. The van der Waals surface area contributed by atoms with Crippen molar-refractivity contribution in [2.45, 2.75) is 31.4 Å². The monoisotopic (exact) mass is 353 g/mol. The molecule has 5 nitrogen and oxygen atoms in total. The van der Waals surface area contributed by atoms with Crippen LogP contribution in [0.4, 0.5) is 5.82 Å². The van der Waals surface area contributed by atoms with E-state index in [1.165, 1.54) is 11.1 Å². The van der Waals surface area contributed by atoms with Crippen LogP contribution in [0.15, 0.2) is 36.0 Å². The number of fused-ring (bicyclic) bond motifs is 2. The number of anilines is 1. The topological polar surface area (TPSA) is 67.3 Å². The van der Waals surface area contributed by atoms with Gasteiger partial charge in [0.2, 0.25) is 0 Å². The summed E-state index contributed by atoms with van der Waals surface area (Å²) in [5.41, 5.74) is 2.51. The second-order valence-electron chi connectivity index (χ2n) is 6.83. The Bertz CT molecular complexity index is 920. The second kappa shape index (κ2) is 5.97. The number of rotatable bonds is 4. The van der Waals surface area contributed by atoms with Crippen LogP contribution in [0.25, 0.3) is 10.2 Å². The summed E-state index contributed by atoms with van der Waals surface area (Å²) in [7, 11) is 0. The fraction of sp³-hybridized carbons (Fsp3) is 0.368. The van der Waals surface area contributed by atoms with Crippen molar-refractivity contribution in [1.29, 1.82) is 0 Å². The zero-order valence-corrected chi connectivity index (χ0v) is 14.5. The quantitative estimate of drug-likeness (QED) is 0.751. The van der Waals surface area contributed by atoms with E-state index in [1.807, 2.05) is 5.38 Å². The summed E-state index contributed by atoms with van der Waals surface area (Å²) in [6.07, 6.45) is 4.04. The van der Waals surface area contributed by atoms with E-state index >= 15 is 0 Å². The SMILES string of the molecule is OC1CC(C(Nc2ncnc3sccc23)c2ccc3c(c2)CCO3)C1. The fourth-order valence-electron chi connectivity index (χ4n) is 3.83. The van der Waals surface area contributed by atoms with Crippen molar-refractivity contribution < 1.29 is 9.84 Å². The number of nitrogens with one attached hydrogen (secondary N) is 1. The molecular formula is C19H19N3O2S. The summed E-state index contributed by atoms with van der Waals surface area (Å²) < 4.78 is 5.64. The Morgan fingerprint density at radius 3 is 3.04 bits per heavy atom. The number of ether oxygens (including phenoxy) is 1. The van der Waals surface area contributed by atoms with Gasteiger partial charge < -0.3 is 15.2 Å². The predicted molar refractivity (Wildman–Crippen MR) is 98.2 cm³/mol. The number of aliphatic hydroxyl groups is 1. The van der Waals surface area contributed by atoms with Crippen LogP contribution in [0.5, 0.6) is 5.75 Å². The van der Waals surface area contributed by atoms with Crippen LogP contribution in [0.3, 0.4) is 0 Å². The van der Waals surface area contributed by atoms with E-state index in [4.69, 9.17) is 4.74 Å². The molecule has 1 atom stereocenters. The van der Waals surface area contributed by atoms with Crippen LogP contribution >= 0.6 is 11.3 Å². The van der Waals surface area contributed by atoms with Gasteiger partial charge in [0.1, 0.15) is 22.7 Å². The molecule has 1 saturated carbocycles. The van der Waals surface area contributed by atoms with Crippen molar-refractivity contribution in [2.75, 3.05) is 11.9 Å². The maximum atomic E-state index is 9.80. The van der Waals surface area contributed by atoms with E-state index < -0.39 is 0 Å². The van der Waals surface area contributed by atoms with Gasteiger partial charge in [-0.3, -0.25) is 0 Å². The van der Waals surface area contributed by atoms with Crippen molar-refractivity contribution >= 4 is 27.4 Å². The van der Waals surface area contributed by atoms with Gasteiger partial charge in [-0.25, -0.2) is 9.97 Å². The molecule has 1 aliphatic heterocycles. The first-order valence-electron chi connectivity index (χ1n) is 8.66. The van der Waals surface area contributed by atoms with Crippen molar-refractivity contribution in [3.05, 3.63) is 47.1 Å². The molecule has 3 aromatic rings. The third kappa shape index (κ3) is 2.65. The summed E-state index contributed by atoms with van der Waals surface area (Å²) in [6, 6.07) is 8.65. The van der Waals surface area contributed by atoms with E-state index in [1.54, 1.807) is 17.7 Å². The van der Waals surface area contributed by atoms with Gasteiger partial charge in [0.15, 0.2) is 0 Å². The molecule has 25 heavy (non-hydrogen) atoms. The lowest BCUT2D eigenvalue weighted by Gasteiger charge is -2.38. The van der Waals surface area contributed by atoms with E-state index in [2.05, 4.69) is 39.6 Å². The Morgan fingerprint density at radius 1 is 1.24 bits per heavy atom. The Balaban J connectivity index is 1.51. The van der Waals surface area contributed by atoms with Gasteiger partial charge in [-0.2, -0.15) is 0 Å². The molecule has 1 aliphatic carbocycles. The zero-order valence-electron chi connectivity index (χ0n) is 13.7. The van der Waals surface area contributed by atoms with Crippen molar-refractivity contribution in [2.24, 2.45) is 5.92 Å². The van der Waals surface area contributed by atoms with Crippen LogP contribution < -0.4 is 10.1 Å². The van der Waals surface area contributed by atoms with Crippen molar-refractivity contribution in [1.82, 2.24) is 9.97 Å². The van der Waals surface area contributed by atoms with E-state index in [0.717, 1.165) is 47.7 Å². The van der Waals surface area contributed by atoms with Gasteiger partial charge >= 0.3 is 0 Å². The summed E-state index contributed by atoms with van der Waals surface area (Å²) in [5, 5.41) is 16.5. The Morgan fingerprint density at radius 2 is 2.16 bits per heavy atom. The summed E-state index contributed by atoms with van der Waals surface area (Å²) in [5.74, 6) is 2.27. The van der Waals surface area contributed by atoms with Crippen LogP contribution in [-0.2, 0) is 6.42 Å². The lowest BCUT2D eigenvalue weighted by atomic mass is 9.75. The third-order valence-corrected chi connectivity index (χ3v) is 6.07. The first-order valence-corrected chi connectivity index (χ1v) is 9.54. The molecule has 6 heteroatoms. The fourth-order valence-corrected chi connectivity index (χ4v) is 4.56. The highest BCUT2D eigenvalue weighted by atomic mass is 32.1. The van der Waals surface area contributed by atoms with E-state index in [-0.39, 0.29) is 12.1 Å². The summed E-state index contributed by atoms with van der Waals surface area (Å²) in [4.78, 5) is 9.80. The number of thiophene rings is 1. The summed E-state index contributed by atoms with van der Waals surface area (Å²) in [6.45, 7) is 0.764. The predicted octanol–water partition coefficient (Wildman–Crippen LogP) is 3.55. The number of nitrogens with zero attached hydrogens (tertiary/aromatic N) is 2. The van der Waals surface area contributed by atoms with Crippen LogP contribution in [-0.4, -0.2) is 27.8 Å². The summed E-state index contributed by atoms with van der Waals surface area (Å²) >= 11 is 1.62. The Kier molecular flexibility index (Phi) is 3.60. The molecule has 0 amide bonds. The first kappa shape index (κ1) is 15.1. The first-order chi connectivity index (χ1) is 12.3. The molecule has 3 heterocycles. The molecule has 5 rings (SSSR count). The molecule has 1 fully saturated rings. The molecule has 0 radical (unpaired) electrons. The highest BCUT2D eigenvalue weighted by molar-refractivity contribution is 7.16. The minimum absolute atomic E-state index is 0.132. The van der Waals surface area contributed by atoms with E-state index in [9.17, 15) is 5.11 Å². The molecule has 2 aromatic heterocycles.